The molecule has 19 heavy (non-hydrogen) atoms. The molecule has 1 heterocycles. The average Bonchev–Trinajstić information content (AvgIpc) is 2.37. The van der Waals surface area contributed by atoms with Crippen LogP contribution in [0.4, 0.5) is 5.69 Å². The molecule has 0 N–H and O–H groups in total. The summed E-state index contributed by atoms with van der Waals surface area (Å²) in [6.07, 6.45) is 0. The fourth-order valence-electron chi connectivity index (χ4n) is 2.09. The van der Waals surface area contributed by atoms with Crippen LogP contribution in [-0.4, -0.2) is 16.9 Å². The summed E-state index contributed by atoms with van der Waals surface area (Å²) in [5.41, 5.74) is 0.00810. The SMILES string of the molecule is O=C1OC(=O)c2cc([N+](=O)[O-])c(Br)c3cccc1c23. The highest BCUT2D eigenvalue weighted by atomic mass is 79.9. The lowest BCUT2D eigenvalue weighted by atomic mass is 9.96. The first-order valence-electron chi connectivity index (χ1n) is 5.17. The van der Waals surface area contributed by atoms with Crippen LogP contribution in [0.15, 0.2) is 28.7 Å². The fraction of sp³-hybridized carbons (Fsp3) is 0. The minimum atomic E-state index is -0.871. The van der Waals surface area contributed by atoms with E-state index in [2.05, 4.69) is 20.7 Å². The van der Waals surface area contributed by atoms with Crippen molar-refractivity contribution in [2.24, 2.45) is 0 Å². The topological polar surface area (TPSA) is 86.5 Å². The van der Waals surface area contributed by atoms with Crippen LogP contribution in [0.5, 0.6) is 0 Å². The third-order valence-corrected chi connectivity index (χ3v) is 3.73. The molecule has 6 nitrogen and oxygen atoms in total. The van der Waals surface area contributed by atoms with Crippen molar-refractivity contribution in [1.82, 2.24) is 0 Å². The lowest BCUT2D eigenvalue weighted by Crippen LogP contribution is -2.19. The molecule has 0 saturated carbocycles. The van der Waals surface area contributed by atoms with E-state index >= 15 is 0 Å². The molecule has 0 saturated heterocycles. The maximum absolute atomic E-state index is 11.7. The first-order chi connectivity index (χ1) is 9.00. The number of hydrogen-bond acceptors (Lipinski definition) is 5. The summed E-state index contributed by atoms with van der Waals surface area (Å²) in [6, 6.07) is 5.81. The Labute approximate surface area is 114 Å². The summed E-state index contributed by atoms with van der Waals surface area (Å²) < 4.78 is 4.80. The van der Waals surface area contributed by atoms with Crippen LogP contribution in [0, 0.1) is 10.1 Å². The summed E-state index contributed by atoms with van der Waals surface area (Å²) in [4.78, 5) is 33.7. The largest absolute Gasteiger partial charge is 0.386 e. The van der Waals surface area contributed by atoms with E-state index < -0.39 is 16.9 Å². The van der Waals surface area contributed by atoms with E-state index in [1.165, 1.54) is 6.07 Å². The second-order valence-electron chi connectivity index (χ2n) is 3.92. The normalized spacial score (nSPS) is 13.5. The molecule has 0 radical (unpaired) electrons. The second kappa shape index (κ2) is 3.86. The molecule has 2 aromatic rings. The molecule has 0 fully saturated rings. The lowest BCUT2D eigenvalue weighted by molar-refractivity contribution is -0.385. The highest BCUT2D eigenvalue weighted by Gasteiger charge is 2.31. The lowest BCUT2D eigenvalue weighted by Gasteiger charge is -2.15. The van der Waals surface area contributed by atoms with Crippen molar-refractivity contribution in [2.45, 2.75) is 0 Å². The van der Waals surface area contributed by atoms with Crippen LogP contribution in [0.1, 0.15) is 20.7 Å². The van der Waals surface area contributed by atoms with Gasteiger partial charge >= 0.3 is 11.9 Å². The van der Waals surface area contributed by atoms with Crippen LogP contribution in [0.2, 0.25) is 0 Å². The zero-order valence-electron chi connectivity index (χ0n) is 9.18. The molecular formula is C12H4BrNO5. The fourth-order valence-corrected chi connectivity index (χ4v) is 2.68. The van der Waals surface area contributed by atoms with Gasteiger partial charge in [0.05, 0.1) is 16.1 Å². The number of halogens is 1. The summed E-state index contributed by atoms with van der Waals surface area (Å²) >= 11 is 3.14. The van der Waals surface area contributed by atoms with Gasteiger partial charge < -0.3 is 4.74 Å². The minimum absolute atomic E-state index is 0.0279. The number of nitrogens with zero attached hydrogens (tertiary/aromatic N) is 1. The molecule has 0 bridgehead atoms. The number of benzene rings is 2. The monoisotopic (exact) mass is 321 g/mol. The van der Waals surface area contributed by atoms with E-state index in [0.717, 1.165) is 6.07 Å². The molecule has 94 valence electrons. The van der Waals surface area contributed by atoms with Gasteiger partial charge in [-0.05, 0) is 22.0 Å². The number of rotatable bonds is 1. The number of carbonyl (C=O) groups is 2. The van der Waals surface area contributed by atoms with Crippen molar-refractivity contribution in [3.63, 3.8) is 0 Å². The molecule has 0 unspecified atom stereocenters. The molecule has 0 atom stereocenters. The molecule has 2 aromatic carbocycles. The summed E-state index contributed by atoms with van der Waals surface area (Å²) in [7, 11) is 0. The van der Waals surface area contributed by atoms with Gasteiger partial charge in [-0.3, -0.25) is 10.1 Å². The van der Waals surface area contributed by atoms with Gasteiger partial charge in [0.25, 0.3) is 5.69 Å². The van der Waals surface area contributed by atoms with Gasteiger partial charge in [-0.1, -0.05) is 12.1 Å². The number of nitro groups is 1. The van der Waals surface area contributed by atoms with Gasteiger partial charge in [0.1, 0.15) is 4.47 Å². The van der Waals surface area contributed by atoms with E-state index in [4.69, 9.17) is 0 Å². The Kier molecular flexibility index (Phi) is 2.39. The van der Waals surface area contributed by atoms with Gasteiger partial charge in [0, 0.05) is 16.8 Å². The van der Waals surface area contributed by atoms with Crippen molar-refractivity contribution >= 4 is 44.3 Å². The third kappa shape index (κ3) is 1.55. The summed E-state index contributed by atoms with van der Waals surface area (Å²) in [5, 5.41) is 11.8. The number of carbonyl (C=O) groups excluding carboxylic acids is 2. The molecule has 0 spiro atoms. The maximum atomic E-state index is 11.7. The Bertz CT molecular complexity index is 783. The zero-order valence-corrected chi connectivity index (χ0v) is 10.8. The smallest absolute Gasteiger partial charge is 0.346 e. The summed E-state index contributed by atoms with van der Waals surface area (Å²) in [5.74, 6) is -1.62. The number of esters is 2. The highest BCUT2D eigenvalue weighted by molar-refractivity contribution is 9.10. The van der Waals surface area contributed by atoms with Crippen LogP contribution < -0.4 is 0 Å². The van der Waals surface area contributed by atoms with Gasteiger partial charge in [0.2, 0.25) is 0 Å². The summed E-state index contributed by atoms with van der Waals surface area (Å²) in [6.45, 7) is 0. The Morgan fingerprint density at radius 2 is 1.84 bits per heavy atom. The Hall–Kier alpha value is -2.28. The molecule has 0 aromatic heterocycles. The van der Waals surface area contributed by atoms with E-state index in [1.54, 1.807) is 12.1 Å². The van der Waals surface area contributed by atoms with Crippen molar-refractivity contribution in [2.75, 3.05) is 0 Å². The zero-order chi connectivity index (χ0) is 13.7. The van der Waals surface area contributed by atoms with Gasteiger partial charge in [-0.15, -0.1) is 0 Å². The molecular weight excluding hydrogens is 318 g/mol. The number of hydrogen-bond donors (Lipinski definition) is 0. The number of cyclic esters (lactones) is 2. The van der Waals surface area contributed by atoms with E-state index in [-0.39, 0.29) is 21.3 Å². The Morgan fingerprint density at radius 3 is 2.53 bits per heavy atom. The Morgan fingerprint density at radius 1 is 1.16 bits per heavy atom. The van der Waals surface area contributed by atoms with Crippen LogP contribution >= 0.6 is 15.9 Å². The van der Waals surface area contributed by atoms with E-state index in [9.17, 15) is 19.7 Å². The molecule has 7 heteroatoms. The Balaban J connectivity index is 2.55. The van der Waals surface area contributed by atoms with Crippen LogP contribution in [0.3, 0.4) is 0 Å². The predicted octanol–water partition coefficient (Wildman–Crippen LogP) is 2.82. The van der Waals surface area contributed by atoms with Crippen molar-refractivity contribution < 1.29 is 19.2 Å². The number of nitro benzene ring substituents is 1. The molecule has 0 amide bonds. The van der Waals surface area contributed by atoms with Crippen molar-refractivity contribution in [3.8, 4) is 0 Å². The quantitative estimate of drug-likeness (QED) is 0.349. The van der Waals surface area contributed by atoms with E-state index in [1.807, 2.05) is 0 Å². The number of ether oxygens (including phenoxy) is 1. The first kappa shape index (κ1) is 11.8. The second-order valence-corrected chi connectivity index (χ2v) is 4.71. The molecule has 1 aliphatic rings. The van der Waals surface area contributed by atoms with E-state index in [0.29, 0.717) is 10.8 Å². The van der Waals surface area contributed by atoms with Gasteiger partial charge in [-0.2, -0.15) is 0 Å². The highest BCUT2D eigenvalue weighted by Crippen LogP contribution is 2.39. The van der Waals surface area contributed by atoms with Crippen molar-refractivity contribution in [3.05, 3.63) is 50.0 Å². The first-order valence-corrected chi connectivity index (χ1v) is 5.96. The van der Waals surface area contributed by atoms with Gasteiger partial charge in [0.15, 0.2) is 0 Å². The maximum Gasteiger partial charge on any atom is 0.346 e. The predicted molar refractivity (Wildman–Crippen MR) is 68.0 cm³/mol. The van der Waals surface area contributed by atoms with Gasteiger partial charge in [-0.25, -0.2) is 9.59 Å². The minimum Gasteiger partial charge on any atom is -0.386 e. The standard InChI is InChI=1S/C12H4BrNO5/c13-10-5-2-1-3-6-9(5)7(4-8(10)14(17)18)12(16)19-11(6)15/h1-4H. The van der Waals surface area contributed by atoms with Crippen LogP contribution in [-0.2, 0) is 4.74 Å². The molecule has 0 aliphatic carbocycles. The van der Waals surface area contributed by atoms with Crippen LogP contribution in [0.25, 0.3) is 10.8 Å². The molecule has 3 rings (SSSR count). The van der Waals surface area contributed by atoms with Crippen molar-refractivity contribution in [1.29, 1.82) is 0 Å². The average molecular weight is 322 g/mol. The molecule has 1 aliphatic heterocycles. The third-order valence-electron chi connectivity index (χ3n) is 2.90.